The summed E-state index contributed by atoms with van der Waals surface area (Å²) >= 11 is 1.54. The van der Waals surface area contributed by atoms with Crippen molar-refractivity contribution in [2.75, 3.05) is 5.32 Å². The Morgan fingerprint density at radius 3 is 2.88 bits per heavy atom. The molecule has 25 heavy (non-hydrogen) atoms. The van der Waals surface area contributed by atoms with Crippen LogP contribution in [0.15, 0.2) is 58.4 Å². The second-order valence-corrected chi connectivity index (χ2v) is 6.37. The lowest BCUT2D eigenvalue weighted by Gasteiger charge is -2.04. The van der Waals surface area contributed by atoms with Gasteiger partial charge in [-0.15, -0.1) is 11.3 Å². The van der Waals surface area contributed by atoms with Crippen molar-refractivity contribution in [1.29, 1.82) is 0 Å². The quantitative estimate of drug-likeness (QED) is 0.590. The SMILES string of the molecule is O=C(CCc1nc(-c2cccs2)no1)Nc1ccc2ccccc2n1. The second-order valence-electron chi connectivity index (χ2n) is 5.43. The number of carbonyl (C=O) groups excluding carboxylic acids is 1. The van der Waals surface area contributed by atoms with Crippen LogP contribution < -0.4 is 5.32 Å². The highest BCUT2D eigenvalue weighted by atomic mass is 32.1. The topological polar surface area (TPSA) is 80.9 Å². The molecular formula is C18H14N4O2S. The van der Waals surface area contributed by atoms with Gasteiger partial charge < -0.3 is 9.84 Å². The summed E-state index contributed by atoms with van der Waals surface area (Å²) in [5.41, 5.74) is 0.845. The van der Waals surface area contributed by atoms with Gasteiger partial charge in [-0.1, -0.05) is 29.4 Å². The Balaban J connectivity index is 1.37. The van der Waals surface area contributed by atoms with Gasteiger partial charge in [-0.25, -0.2) is 4.98 Å². The van der Waals surface area contributed by atoms with Crippen molar-refractivity contribution < 1.29 is 9.32 Å². The summed E-state index contributed by atoms with van der Waals surface area (Å²) in [6, 6.07) is 15.4. The third-order valence-electron chi connectivity index (χ3n) is 3.64. The molecule has 0 fully saturated rings. The number of aromatic nitrogens is 3. The van der Waals surface area contributed by atoms with Crippen molar-refractivity contribution in [3.05, 3.63) is 59.8 Å². The molecule has 0 radical (unpaired) electrons. The van der Waals surface area contributed by atoms with Gasteiger partial charge in [0.15, 0.2) is 0 Å². The number of thiophene rings is 1. The number of benzene rings is 1. The fourth-order valence-electron chi connectivity index (χ4n) is 2.42. The van der Waals surface area contributed by atoms with Gasteiger partial charge in [0.05, 0.1) is 10.4 Å². The predicted molar refractivity (Wildman–Crippen MR) is 96.3 cm³/mol. The Bertz CT molecular complexity index is 1010. The van der Waals surface area contributed by atoms with E-state index in [0.717, 1.165) is 15.8 Å². The summed E-state index contributed by atoms with van der Waals surface area (Å²) < 4.78 is 5.20. The van der Waals surface area contributed by atoms with Gasteiger partial charge in [0.25, 0.3) is 0 Å². The van der Waals surface area contributed by atoms with Gasteiger partial charge in [-0.3, -0.25) is 4.79 Å². The monoisotopic (exact) mass is 350 g/mol. The number of carbonyl (C=O) groups is 1. The summed E-state index contributed by atoms with van der Waals surface area (Å²) in [6.07, 6.45) is 0.637. The molecule has 0 aliphatic carbocycles. The average molecular weight is 350 g/mol. The summed E-state index contributed by atoms with van der Waals surface area (Å²) in [5, 5.41) is 9.72. The molecule has 4 aromatic rings. The maximum atomic E-state index is 12.1. The normalized spacial score (nSPS) is 10.9. The first-order valence-corrected chi connectivity index (χ1v) is 8.68. The van der Waals surface area contributed by atoms with Gasteiger partial charge in [0, 0.05) is 18.2 Å². The number of hydrogen-bond donors (Lipinski definition) is 1. The summed E-state index contributed by atoms with van der Waals surface area (Å²) in [5.74, 6) is 1.40. The van der Waals surface area contributed by atoms with Crippen LogP contribution in [0, 0.1) is 0 Å². The van der Waals surface area contributed by atoms with Crippen LogP contribution in [-0.2, 0) is 11.2 Å². The van der Waals surface area contributed by atoms with E-state index >= 15 is 0 Å². The minimum Gasteiger partial charge on any atom is -0.339 e. The standard InChI is InChI=1S/C18H14N4O2S/c23-16(20-15-8-7-12-4-1-2-5-13(12)19-15)9-10-17-21-18(22-24-17)14-6-3-11-25-14/h1-8,11H,9-10H2,(H,19,20,23). The molecule has 0 atom stereocenters. The van der Waals surface area contributed by atoms with Crippen molar-refractivity contribution in [3.8, 4) is 10.7 Å². The van der Waals surface area contributed by atoms with E-state index in [-0.39, 0.29) is 12.3 Å². The first kappa shape index (κ1) is 15.5. The molecule has 7 heteroatoms. The molecule has 0 aliphatic rings. The lowest BCUT2D eigenvalue weighted by atomic mass is 10.2. The highest BCUT2D eigenvalue weighted by molar-refractivity contribution is 7.13. The van der Waals surface area contributed by atoms with E-state index in [0.29, 0.717) is 24.0 Å². The Labute approximate surface area is 147 Å². The van der Waals surface area contributed by atoms with Crippen LogP contribution >= 0.6 is 11.3 Å². The molecule has 1 N–H and O–H groups in total. The van der Waals surface area contributed by atoms with E-state index < -0.39 is 0 Å². The van der Waals surface area contributed by atoms with Crippen LogP contribution in [0.1, 0.15) is 12.3 Å². The fourth-order valence-corrected chi connectivity index (χ4v) is 3.07. The minimum absolute atomic E-state index is 0.140. The summed E-state index contributed by atoms with van der Waals surface area (Å²) in [7, 11) is 0. The molecule has 1 amide bonds. The Morgan fingerprint density at radius 2 is 2.00 bits per heavy atom. The number of pyridine rings is 1. The van der Waals surface area contributed by atoms with Crippen LogP contribution in [0.2, 0.25) is 0 Å². The van der Waals surface area contributed by atoms with Crippen LogP contribution in [0.5, 0.6) is 0 Å². The number of rotatable bonds is 5. The van der Waals surface area contributed by atoms with E-state index in [4.69, 9.17) is 4.52 Å². The lowest BCUT2D eigenvalue weighted by molar-refractivity contribution is -0.116. The van der Waals surface area contributed by atoms with E-state index in [1.807, 2.05) is 47.8 Å². The fraction of sp³-hybridized carbons (Fsp3) is 0.111. The van der Waals surface area contributed by atoms with Gasteiger partial charge >= 0.3 is 0 Å². The van der Waals surface area contributed by atoms with Crippen molar-refractivity contribution in [2.24, 2.45) is 0 Å². The molecule has 3 heterocycles. The first-order chi connectivity index (χ1) is 12.3. The zero-order valence-electron chi connectivity index (χ0n) is 13.2. The molecule has 0 unspecified atom stereocenters. The molecule has 0 spiro atoms. The van der Waals surface area contributed by atoms with E-state index in [2.05, 4.69) is 20.4 Å². The summed E-state index contributed by atoms with van der Waals surface area (Å²) in [6.45, 7) is 0. The maximum absolute atomic E-state index is 12.1. The number of aryl methyl sites for hydroxylation is 1. The van der Waals surface area contributed by atoms with Gasteiger partial charge in [-0.2, -0.15) is 4.98 Å². The highest BCUT2D eigenvalue weighted by Crippen LogP contribution is 2.21. The summed E-state index contributed by atoms with van der Waals surface area (Å²) in [4.78, 5) is 21.8. The van der Waals surface area contributed by atoms with Crippen molar-refractivity contribution in [2.45, 2.75) is 12.8 Å². The number of hydrogen-bond acceptors (Lipinski definition) is 6. The Kier molecular flexibility index (Phi) is 4.22. The third kappa shape index (κ3) is 3.56. The molecule has 0 saturated carbocycles. The highest BCUT2D eigenvalue weighted by Gasteiger charge is 2.11. The third-order valence-corrected chi connectivity index (χ3v) is 4.51. The maximum Gasteiger partial charge on any atom is 0.227 e. The van der Waals surface area contributed by atoms with Crippen molar-refractivity contribution in [1.82, 2.24) is 15.1 Å². The number of fused-ring (bicyclic) bond motifs is 1. The number of amides is 1. The number of nitrogens with zero attached hydrogens (tertiary/aromatic N) is 3. The van der Waals surface area contributed by atoms with E-state index in [9.17, 15) is 4.79 Å². The Hall–Kier alpha value is -3.06. The van der Waals surface area contributed by atoms with Crippen LogP contribution in [0.4, 0.5) is 5.82 Å². The zero-order valence-corrected chi connectivity index (χ0v) is 14.0. The number of para-hydroxylation sites is 1. The van der Waals surface area contributed by atoms with Gasteiger partial charge in [-0.05, 0) is 29.6 Å². The van der Waals surface area contributed by atoms with Crippen LogP contribution in [0.25, 0.3) is 21.6 Å². The molecule has 0 saturated heterocycles. The van der Waals surface area contributed by atoms with Crippen LogP contribution in [0.3, 0.4) is 0 Å². The molecule has 0 aliphatic heterocycles. The minimum atomic E-state index is -0.140. The number of anilines is 1. The van der Waals surface area contributed by atoms with E-state index in [1.165, 1.54) is 0 Å². The molecule has 1 aromatic carbocycles. The van der Waals surface area contributed by atoms with Crippen LogP contribution in [-0.4, -0.2) is 21.0 Å². The molecule has 3 aromatic heterocycles. The largest absolute Gasteiger partial charge is 0.339 e. The first-order valence-electron chi connectivity index (χ1n) is 7.80. The Morgan fingerprint density at radius 1 is 1.08 bits per heavy atom. The molecule has 0 bridgehead atoms. The van der Waals surface area contributed by atoms with Gasteiger partial charge in [0.2, 0.25) is 17.6 Å². The predicted octanol–water partition coefficient (Wildman–Crippen LogP) is 3.92. The molecule has 124 valence electrons. The average Bonchev–Trinajstić information content (AvgIpc) is 3.31. The second kappa shape index (κ2) is 6.82. The number of nitrogens with one attached hydrogen (secondary N) is 1. The van der Waals surface area contributed by atoms with Crippen molar-refractivity contribution in [3.63, 3.8) is 0 Å². The lowest BCUT2D eigenvalue weighted by Crippen LogP contribution is -2.13. The van der Waals surface area contributed by atoms with Gasteiger partial charge in [0.1, 0.15) is 5.82 Å². The smallest absolute Gasteiger partial charge is 0.227 e. The molecular weight excluding hydrogens is 336 g/mol. The van der Waals surface area contributed by atoms with E-state index in [1.54, 1.807) is 17.4 Å². The molecule has 4 rings (SSSR count). The zero-order chi connectivity index (χ0) is 17.1. The molecule has 6 nitrogen and oxygen atoms in total. The van der Waals surface area contributed by atoms with Crippen molar-refractivity contribution >= 4 is 34.0 Å².